The highest BCUT2D eigenvalue weighted by atomic mass is 32.2. The number of rotatable bonds is 12. The van der Waals surface area contributed by atoms with Crippen LogP contribution in [0, 0.1) is 6.92 Å². The topological polar surface area (TPSA) is 76.2 Å². The lowest BCUT2D eigenvalue weighted by molar-refractivity contribution is 0.104. The number of hydrogen-bond acceptors (Lipinski definition) is 6. The van der Waals surface area contributed by atoms with E-state index in [9.17, 15) is 13.2 Å². The largest absolute Gasteiger partial charge is 0.497 e. The number of likely N-dealkylation sites (tertiary alicyclic amines) is 1. The number of benzene rings is 3. The monoisotopic (exact) mass is 562 g/mol. The zero-order valence-electron chi connectivity index (χ0n) is 23.5. The van der Waals surface area contributed by atoms with Crippen molar-refractivity contribution in [1.82, 2.24) is 9.21 Å². The van der Waals surface area contributed by atoms with E-state index in [-0.39, 0.29) is 16.7 Å². The minimum atomic E-state index is -3.54. The Balaban J connectivity index is 1.16. The van der Waals surface area contributed by atoms with Gasteiger partial charge in [0.2, 0.25) is 10.0 Å². The predicted octanol–water partition coefficient (Wildman–Crippen LogP) is 5.45. The van der Waals surface area contributed by atoms with Crippen molar-refractivity contribution in [3.05, 3.63) is 95.6 Å². The van der Waals surface area contributed by atoms with Crippen LogP contribution in [0.25, 0.3) is 6.08 Å². The van der Waals surface area contributed by atoms with Crippen LogP contribution in [0.3, 0.4) is 0 Å². The molecule has 7 nitrogen and oxygen atoms in total. The van der Waals surface area contributed by atoms with Gasteiger partial charge in [0.1, 0.15) is 11.5 Å². The van der Waals surface area contributed by atoms with Crippen LogP contribution < -0.4 is 9.47 Å². The van der Waals surface area contributed by atoms with Crippen molar-refractivity contribution < 1.29 is 22.7 Å². The second kappa shape index (κ2) is 13.7. The summed E-state index contributed by atoms with van der Waals surface area (Å²) in [6, 6.07) is 21.8. The molecule has 0 radical (unpaired) electrons. The normalized spacial score (nSPS) is 15.0. The first-order valence-corrected chi connectivity index (χ1v) is 15.1. The van der Waals surface area contributed by atoms with Crippen LogP contribution in [0.5, 0.6) is 11.5 Å². The van der Waals surface area contributed by atoms with Gasteiger partial charge in [-0.25, -0.2) is 8.42 Å². The summed E-state index contributed by atoms with van der Waals surface area (Å²) in [6.07, 6.45) is 5.87. The fourth-order valence-electron chi connectivity index (χ4n) is 4.76. The number of nitrogens with zero attached hydrogens (tertiary/aromatic N) is 2. The van der Waals surface area contributed by atoms with E-state index in [1.54, 1.807) is 56.6 Å². The fourth-order valence-corrected chi connectivity index (χ4v) is 6.17. The Labute approximate surface area is 238 Å². The van der Waals surface area contributed by atoms with Crippen molar-refractivity contribution in [2.45, 2.75) is 37.1 Å². The molecule has 1 saturated heterocycles. The molecule has 4 rings (SSSR count). The Kier molecular flexibility index (Phi) is 10.1. The molecule has 1 fully saturated rings. The highest BCUT2D eigenvalue weighted by molar-refractivity contribution is 7.89. The van der Waals surface area contributed by atoms with Gasteiger partial charge < -0.3 is 14.4 Å². The van der Waals surface area contributed by atoms with Crippen LogP contribution in [0.2, 0.25) is 0 Å². The number of aryl methyl sites for hydroxylation is 1. The molecule has 0 bridgehead atoms. The third-order valence-corrected chi connectivity index (χ3v) is 9.26. The molecular formula is C32H38N2O5S. The van der Waals surface area contributed by atoms with E-state index in [0.29, 0.717) is 17.9 Å². The molecule has 0 aromatic heterocycles. The molecule has 1 heterocycles. The third kappa shape index (κ3) is 7.81. The summed E-state index contributed by atoms with van der Waals surface area (Å²) < 4.78 is 38.6. The van der Waals surface area contributed by atoms with Crippen molar-refractivity contribution in [3.63, 3.8) is 0 Å². The number of allylic oxidation sites excluding steroid dienone is 1. The molecule has 1 aliphatic heterocycles. The first kappa shape index (κ1) is 29.5. The zero-order valence-corrected chi connectivity index (χ0v) is 24.3. The van der Waals surface area contributed by atoms with E-state index in [4.69, 9.17) is 9.47 Å². The number of sulfonamides is 1. The highest BCUT2D eigenvalue weighted by Crippen LogP contribution is 2.24. The predicted molar refractivity (Wildman–Crippen MR) is 159 cm³/mol. The Morgan fingerprint density at radius 3 is 2.20 bits per heavy atom. The number of piperidine rings is 1. The van der Waals surface area contributed by atoms with Gasteiger partial charge in [0.05, 0.1) is 18.6 Å². The number of carbonyl (C=O) groups is 1. The number of hydrogen-bond donors (Lipinski definition) is 0. The van der Waals surface area contributed by atoms with Crippen molar-refractivity contribution >= 4 is 21.9 Å². The highest BCUT2D eigenvalue weighted by Gasteiger charge is 2.30. The standard InChI is InChI=1S/C32H38N2O5S/c1-25-5-7-26(8-6-25)9-18-32(35)27-10-12-30(13-11-27)39-24-4-21-34-22-19-28(20-23-34)33(2)40(36,37)31-16-14-29(38-3)15-17-31/h5-18,28H,4,19-24H2,1-3H3. The van der Waals surface area contributed by atoms with Crippen LogP contribution in [0.1, 0.15) is 40.7 Å². The van der Waals surface area contributed by atoms with Gasteiger partial charge in [0.15, 0.2) is 5.78 Å². The number of carbonyl (C=O) groups excluding carboxylic acids is 1. The Hall–Kier alpha value is -3.46. The van der Waals surface area contributed by atoms with Crippen LogP contribution in [-0.2, 0) is 10.0 Å². The fraction of sp³-hybridized carbons (Fsp3) is 0.344. The smallest absolute Gasteiger partial charge is 0.243 e. The first-order valence-electron chi connectivity index (χ1n) is 13.6. The van der Waals surface area contributed by atoms with Gasteiger partial charge >= 0.3 is 0 Å². The van der Waals surface area contributed by atoms with E-state index in [2.05, 4.69) is 4.90 Å². The van der Waals surface area contributed by atoms with E-state index in [0.717, 1.165) is 50.2 Å². The molecule has 0 N–H and O–H groups in total. The second-order valence-electron chi connectivity index (χ2n) is 10.1. The van der Waals surface area contributed by atoms with E-state index in [1.165, 1.54) is 9.87 Å². The maximum Gasteiger partial charge on any atom is 0.243 e. The summed E-state index contributed by atoms with van der Waals surface area (Å²) in [6.45, 7) is 5.20. The lowest BCUT2D eigenvalue weighted by Crippen LogP contribution is -2.45. The van der Waals surface area contributed by atoms with Crippen molar-refractivity contribution in [1.29, 1.82) is 0 Å². The Morgan fingerprint density at radius 1 is 0.950 bits per heavy atom. The lowest BCUT2D eigenvalue weighted by Gasteiger charge is -2.36. The molecule has 0 atom stereocenters. The second-order valence-corrected chi connectivity index (χ2v) is 12.1. The molecule has 40 heavy (non-hydrogen) atoms. The molecule has 1 aliphatic rings. The molecule has 3 aromatic rings. The summed E-state index contributed by atoms with van der Waals surface area (Å²) in [5.41, 5.74) is 2.80. The maximum atomic E-state index is 13.1. The minimum absolute atomic E-state index is 0.0208. The van der Waals surface area contributed by atoms with Gasteiger partial charge in [-0.15, -0.1) is 0 Å². The molecular weight excluding hydrogens is 524 g/mol. The summed E-state index contributed by atoms with van der Waals surface area (Å²) in [5.74, 6) is 1.33. The van der Waals surface area contributed by atoms with Crippen LogP contribution in [0.4, 0.5) is 0 Å². The number of ether oxygens (including phenoxy) is 2. The van der Waals surface area contributed by atoms with Gasteiger partial charge in [-0.2, -0.15) is 4.31 Å². The Morgan fingerprint density at radius 2 is 1.57 bits per heavy atom. The summed E-state index contributed by atoms with van der Waals surface area (Å²) in [7, 11) is -0.312. The molecule has 0 aliphatic carbocycles. The number of methoxy groups -OCH3 is 1. The summed E-state index contributed by atoms with van der Waals surface area (Å²) in [4.78, 5) is 15.1. The first-order chi connectivity index (χ1) is 19.3. The maximum absolute atomic E-state index is 13.1. The number of ketones is 1. The van der Waals surface area contributed by atoms with Gasteiger partial charge in [0.25, 0.3) is 0 Å². The van der Waals surface area contributed by atoms with Gasteiger partial charge in [0, 0.05) is 25.2 Å². The van der Waals surface area contributed by atoms with Crippen LogP contribution >= 0.6 is 0 Å². The van der Waals surface area contributed by atoms with E-state index >= 15 is 0 Å². The van der Waals surface area contributed by atoms with Gasteiger partial charge in [-0.05, 0) is 99.4 Å². The lowest BCUT2D eigenvalue weighted by atomic mass is 10.1. The Bertz CT molecular complexity index is 1380. The molecule has 8 heteroatoms. The molecule has 0 unspecified atom stereocenters. The molecule has 0 amide bonds. The van der Waals surface area contributed by atoms with E-state index < -0.39 is 10.0 Å². The summed E-state index contributed by atoms with van der Waals surface area (Å²) >= 11 is 0. The molecule has 3 aromatic carbocycles. The van der Waals surface area contributed by atoms with Crippen molar-refractivity contribution in [2.24, 2.45) is 0 Å². The SMILES string of the molecule is COc1ccc(S(=O)(=O)N(C)C2CCN(CCCOc3ccc(C(=O)C=Cc4ccc(C)cc4)cc3)CC2)cc1. The molecule has 0 spiro atoms. The third-order valence-electron chi connectivity index (χ3n) is 7.34. The van der Waals surface area contributed by atoms with E-state index in [1.807, 2.05) is 49.4 Å². The van der Waals surface area contributed by atoms with Crippen molar-refractivity contribution in [2.75, 3.05) is 40.4 Å². The summed E-state index contributed by atoms with van der Waals surface area (Å²) in [5, 5.41) is 0. The van der Waals surface area contributed by atoms with Crippen LogP contribution in [-0.4, -0.2) is 69.8 Å². The average molecular weight is 563 g/mol. The van der Waals surface area contributed by atoms with Gasteiger partial charge in [-0.1, -0.05) is 35.9 Å². The van der Waals surface area contributed by atoms with Gasteiger partial charge in [-0.3, -0.25) is 4.79 Å². The van der Waals surface area contributed by atoms with Crippen LogP contribution in [0.15, 0.2) is 83.8 Å². The molecule has 212 valence electrons. The zero-order chi connectivity index (χ0) is 28.5. The van der Waals surface area contributed by atoms with Crippen molar-refractivity contribution in [3.8, 4) is 11.5 Å². The average Bonchev–Trinajstić information content (AvgIpc) is 2.99. The molecule has 0 saturated carbocycles. The minimum Gasteiger partial charge on any atom is -0.497 e. The quantitative estimate of drug-likeness (QED) is 0.166.